The van der Waals surface area contributed by atoms with Crippen LogP contribution < -0.4 is 4.74 Å². The van der Waals surface area contributed by atoms with Gasteiger partial charge in [0.15, 0.2) is 29.0 Å². The molecule has 0 spiro atoms. The molecule has 1 heterocycles. The minimum Gasteiger partial charge on any atom is -0.485 e. The summed E-state index contributed by atoms with van der Waals surface area (Å²) in [6.07, 6.45) is 4.66. The van der Waals surface area contributed by atoms with Gasteiger partial charge < -0.3 is 9.30 Å². The average molecular weight is 528 g/mol. The standard InChI is InChI=1S/C28H22ClF4N3O/c29-19-8-6-18(7-9-19)28-35-24-12-20(30)21(31)13-25(24)36(28)26(17-4-2-1-3-5-17)15-37-27-22(32)10-16(14-34)11-23(27)33/h6-13,17,26H,1-5,15H2. The Morgan fingerprint density at radius 3 is 2.24 bits per heavy atom. The molecule has 1 fully saturated rings. The predicted octanol–water partition coefficient (Wildman–Crippen LogP) is 7.99. The lowest BCUT2D eigenvalue weighted by atomic mass is 9.83. The van der Waals surface area contributed by atoms with Gasteiger partial charge in [0.1, 0.15) is 12.4 Å². The van der Waals surface area contributed by atoms with E-state index in [0.29, 0.717) is 21.9 Å². The quantitative estimate of drug-likeness (QED) is 0.239. The highest BCUT2D eigenvalue weighted by Gasteiger charge is 2.31. The lowest BCUT2D eigenvalue weighted by molar-refractivity contribution is 0.162. The molecule has 4 nitrogen and oxygen atoms in total. The van der Waals surface area contributed by atoms with Gasteiger partial charge in [0, 0.05) is 22.7 Å². The van der Waals surface area contributed by atoms with Gasteiger partial charge in [-0.05, 0) is 55.2 Å². The van der Waals surface area contributed by atoms with Crippen molar-refractivity contribution >= 4 is 22.6 Å². The third-order valence-electron chi connectivity index (χ3n) is 6.89. The third-order valence-corrected chi connectivity index (χ3v) is 7.14. The van der Waals surface area contributed by atoms with E-state index in [1.54, 1.807) is 34.9 Å². The van der Waals surface area contributed by atoms with Gasteiger partial charge in [-0.1, -0.05) is 30.9 Å². The summed E-state index contributed by atoms with van der Waals surface area (Å²) in [6, 6.07) is 12.1. The Morgan fingerprint density at radius 2 is 1.59 bits per heavy atom. The second kappa shape index (κ2) is 10.4. The van der Waals surface area contributed by atoms with E-state index in [9.17, 15) is 17.6 Å². The fraction of sp³-hybridized carbons (Fsp3) is 0.286. The fourth-order valence-electron chi connectivity index (χ4n) is 5.10. The van der Waals surface area contributed by atoms with Crippen LogP contribution in [0.15, 0.2) is 48.5 Å². The van der Waals surface area contributed by atoms with Crippen molar-refractivity contribution in [2.24, 2.45) is 5.92 Å². The summed E-state index contributed by atoms with van der Waals surface area (Å²) >= 11 is 6.07. The number of nitrogens with zero attached hydrogens (tertiary/aromatic N) is 3. The van der Waals surface area contributed by atoms with Crippen molar-refractivity contribution in [2.45, 2.75) is 38.1 Å². The van der Waals surface area contributed by atoms with Crippen LogP contribution in [0.1, 0.15) is 43.7 Å². The van der Waals surface area contributed by atoms with Crippen molar-refractivity contribution in [3.8, 4) is 23.2 Å². The van der Waals surface area contributed by atoms with Crippen molar-refractivity contribution in [1.82, 2.24) is 9.55 Å². The maximum Gasteiger partial charge on any atom is 0.190 e. The fourth-order valence-corrected chi connectivity index (χ4v) is 5.23. The summed E-state index contributed by atoms with van der Waals surface area (Å²) in [6.45, 7) is -0.143. The topological polar surface area (TPSA) is 50.8 Å². The Morgan fingerprint density at radius 1 is 0.946 bits per heavy atom. The average Bonchev–Trinajstić information content (AvgIpc) is 3.24. The zero-order valence-electron chi connectivity index (χ0n) is 19.7. The van der Waals surface area contributed by atoms with Crippen LogP contribution in [0.2, 0.25) is 5.02 Å². The van der Waals surface area contributed by atoms with Crippen LogP contribution in [0.3, 0.4) is 0 Å². The molecule has 4 aromatic rings. The van der Waals surface area contributed by atoms with E-state index in [4.69, 9.17) is 21.6 Å². The highest BCUT2D eigenvalue weighted by molar-refractivity contribution is 6.30. The van der Waals surface area contributed by atoms with Gasteiger partial charge in [-0.2, -0.15) is 5.26 Å². The van der Waals surface area contributed by atoms with Gasteiger partial charge in [0.25, 0.3) is 0 Å². The van der Waals surface area contributed by atoms with Crippen LogP contribution in [0.5, 0.6) is 5.75 Å². The summed E-state index contributed by atoms with van der Waals surface area (Å²) < 4.78 is 65.3. The van der Waals surface area contributed by atoms with Crippen molar-refractivity contribution in [1.29, 1.82) is 5.26 Å². The molecule has 9 heteroatoms. The molecule has 1 saturated carbocycles. The Bertz CT molecular complexity index is 1470. The number of imidazole rings is 1. The van der Waals surface area contributed by atoms with Gasteiger partial charge in [-0.25, -0.2) is 22.5 Å². The summed E-state index contributed by atoms with van der Waals surface area (Å²) in [7, 11) is 0. The van der Waals surface area contributed by atoms with Gasteiger partial charge in [-0.15, -0.1) is 0 Å². The van der Waals surface area contributed by atoms with Crippen LogP contribution in [0.25, 0.3) is 22.4 Å². The summed E-state index contributed by atoms with van der Waals surface area (Å²) in [5, 5.41) is 9.51. The molecule has 5 rings (SSSR count). The van der Waals surface area contributed by atoms with Crippen molar-refractivity contribution in [3.63, 3.8) is 0 Å². The van der Waals surface area contributed by atoms with E-state index in [1.807, 2.05) is 0 Å². The minimum atomic E-state index is -1.02. The van der Waals surface area contributed by atoms with Crippen LogP contribution >= 0.6 is 11.6 Å². The number of hydrogen-bond acceptors (Lipinski definition) is 3. The zero-order chi connectivity index (χ0) is 26.1. The number of hydrogen-bond donors (Lipinski definition) is 0. The van der Waals surface area contributed by atoms with Gasteiger partial charge in [-0.3, -0.25) is 0 Å². The lowest BCUT2D eigenvalue weighted by Crippen LogP contribution is -2.28. The lowest BCUT2D eigenvalue weighted by Gasteiger charge is -2.32. The first-order valence-corrected chi connectivity index (χ1v) is 12.4. The normalized spacial score (nSPS) is 15.0. The maximum absolute atomic E-state index is 14.6. The van der Waals surface area contributed by atoms with E-state index in [0.717, 1.165) is 56.4 Å². The van der Waals surface area contributed by atoms with E-state index in [-0.39, 0.29) is 23.6 Å². The van der Waals surface area contributed by atoms with Crippen LogP contribution in [0.4, 0.5) is 17.6 Å². The molecule has 0 bridgehead atoms. The molecule has 0 radical (unpaired) electrons. The Hall–Kier alpha value is -3.57. The number of ether oxygens (including phenoxy) is 1. The summed E-state index contributed by atoms with van der Waals surface area (Å²) in [4.78, 5) is 4.62. The maximum atomic E-state index is 14.6. The van der Waals surface area contributed by atoms with E-state index in [2.05, 4.69) is 4.98 Å². The number of halogens is 5. The molecule has 190 valence electrons. The molecule has 3 aromatic carbocycles. The SMILES string of the molecule is N#Cc1cc(F)c(OCC(C2CCCCC2)n2c(-c3ccc(Cl)cc3)nc3cc(F)c(F)cc32)c(F)c1. The molecular formula is C28H22ClF4N3O. The zero-order valence-corrected chi connectivity index (χ0v) is 20.4. The highest BCUT2D eigenvalue weighted by Crippen LogP contribution is 2.39. The molecule has 0 N–H and O–H groups in total. The molecule has 0 aliphatic heterocycles. The van der Waals surface area contributed by atoms with Gasteiger partial charge >= 0.3 is 0 Å². The predicted molar refractivity (Wildman–Crippen MR) is 132 cm³/mol. The summed E-state index contributed by atoms with van der Waals surface area (Å²) in [5.74, 6) is -4.13. The van der Waals surface area contributed by atoms with Crippen LogP contribution in [-0.4, -0.2) is 16.2 Å². The van der Waals surface area contributed by atoms with Gasteiger partial charge in [0.2, 0.25) is 0 Å². The Balaban J connectivity index is 1.64. The summed E-state index contributed by atoms with van der Waals surface area (Å²) in [5.41, 5.74) is 1.11. The first kappa shape index (κ1) is 25.1. The van der Waals surface area contributed by atoms with Crippen molar-refractivity contribution < 1.29 is 22.3 Å². The number of nitriles is 1. The molecule has 0 saturated heterocycles. The Labute approximate surface area is 216 Å². The van der Waals surface area contributed by atoms with Crippen LogP contribution in [0, 0.1) is 40.5 Å². The largest absolute Gasteiger partial charge is 0.485 e. The molecule has 1 aliphatic rings. The molecule has 37 heavy (non-hydrogen) atoms. The van der Waals surface area contributed by atoms with Gasteiger partial charge in [0.05, 0.1) is 28.7 Å². The molecular weight excluding hydrogens is 506 g/mol. The molecule has 1 aliphatic carbocycles. The Kier molecular flexibility index (Phi) is 7.07. The third kappa shape index (κ3) is 5.01. The van der Waals surface area contributed by atoms with E-state index < -0.39 is 35.1 Å². The molecule has 1 atom stereocenters. The minimum absolute atomic E-state index is 0.0369. The molecule has 1 unspecified atom stereocenters. The first-order valence-electron chi connectivity index (χ1n) is 12.0. The first-order chi connectivity index (χ1) is 17.9. The molecule has 0 amide bonds. The number of fused-ring (bicyclic) bond motifs is 1. The van der Waals surface area contributed by atoms with E-state index >= 15 is 0 Å². The highest BCUT2D eigenvalue weighted by atomic mass is 35.5. The smallest absolute Gasteiger partial charge is 0.190 e. The molecule has 1 aromatic heterocycles. The second-order valence-electron chi connectivity index (χ2n) is 9.22. The van der Waals surface area contributed by atoms with Crippen molar-refractivity contribution in [3.05, 3.63) is 82.4 Å². The number of aromatic nitrogens is 2. The second-order valence-corrected chi connectivity index (χ2v) is 9.66. The number of benzene rings is 3. The van der Waals surface area contributed by atoms with Crippen LogP contribution in [-0.2, 0) is 0 Å². The number of rotatable bonds is 6. The van der Waals surface area contributed by atoms with E-state index in [1.165, 1.54) is 0 Å². The van der Waals surface area contributed by atoms with Crippen molar-refractivity contribution in [2.75, 3.05) is 6.61 Å². The monoisotopic (exact) mass is 527 g/mol.